The smallest absolute Gasteiger partial charge is 0.212 e. The van der Waals surface area contributed by atoms with Crippen LogP contribution in [0.2, 0.25) is 0 Å². The molecule has 110 valence electrons. The second kappa shape index (κ2) is 6.72. The molecule has 0 unspecified atom stereocenters. The van der Waals surface area contributed by atoms with Crippen molar-refractivity contribution in [3.8, 4) is 6.07 Å². The van der Waals surface area contributed by atoms with Crippen molar-refractivity contribution in [3.05, 3.63) is 35.4 Å². The quantitative estimate of drug-likeness (QED) is 0.877. The lowest BCUT2D eigenvalue weighted by Crippen LogP contribution is -2.26. The molecule has 20 heavy (non-hydrogen) atoms. The van der Waals surface area contributed by atoms with Crippen LogP contribution in [-0.2, 0) is 16.6 Å². The van der Waals surface area contributed by atoms with E-state index in [9.17, 15) is 21.6 Å². The lowest BCUT2D eigenvalue weighted by atomic mass is 10.1. The summed E-state index contributed by atoms with van der Waals surface area (Å²) in [5.41, 5.74) is 1.07. The summed E-state index contributed by atoms with van der Waals surface area (Å²) in [4.78, 5) is 0. The number of rotatable bonds is 6. The second-order valence-electron chi connectivity index (χ2n) is 4.17. The number of halogens is 3. The molecular weight excluding hydrogens is 293 g/mol. The Morgan fingerprint density at radius 2 is 1.80 bits per heavy atom. The molecule has 8 heteroatoms. The van der Waals surface area contributed by atoms with Crippen molar-refractivity contribution in [1.29, 1.82) is 5.26 Å². The summed E-state index contributed by atoms with van der Waals surface area (Å²) in [6.45, 7) is -0.0138. The zero-order valence-corrected chi connectivity index (χ0v) is 11.3. The summed E-state index contributed by atoms with van der Waals surface area (Å²) in [5, 5.41) is 8.60. The minimum absolute atomic E-state index is 0.0138. The molecule has 0 heterocycles. The highest BCUT2D eigenvalue weighted by atomic mass is 32.2. The van der Waals surface area contributed by atoms with Gasteiger partial charge in [-0.3, -0.25) is 0 Å². The van der Waals surface area contributed by atoms with Crippen molar-refractivity contribution < 1.29 is 21.6 Å². The second-order valence-corrected chi connectivity index (χ2v) is 6.09. The third-order valence-electron chi connectivity index (χ3n) is 2.45. The van der Waals surface area contributed by atoms with Crippen molar-refractivity contribution in [2.24, 2.45) is 0 Å². The van der Waals surface area contributed by atoms with E-state index in [1.54, 1.807) is 12.1 Å². The zero-order chi connectivity index (χ0) is 15.2. The standard InChI is InChI=1S/C12H13F3N2O2S/c13-12(14,15)6-1-7-20(18,19)17-9-11-4-2-10(8-16)3-5-11/h2-5,17H,1,6-7,9H2. The summed E-state index contributed by atoms with van der Waals surface area (Å²) in [6, 6.07) is 8.15. The highest BCUT2D eigenvalue weighted by Gasteiger charge is 2.27. The Kier molecular flexibility index (Phi) is 5.53. The topological polar surface area (TPSA) is 70.0 Å². The number of nitrogens with one attached hydrogen (secondary N) is 1. The number of benzene rings is 1. The molecule has 0 radical (unpaired) electrons. The van der Waals surface area contributed by atoms with Gasteiger partial charge in [-0.05, 0) is 24.1 Å². The first kappa shape index (κ1) is 16.5. The van der Waals surface area contributed by atoms with Crippen molar-refractivity contribution in [2.45, 2.75) is 25.6 Å². The van der Waals surface area contributed by atoms with Gasteiger partial charge >= 0.3 is 6.18 Å². The Hall–Kier alpha value is -1.59. The molecule has 1 aromatic rings. The Balaban J connectivity index is 2.44. The van der Waals surface area contributed by atoms with Crippen LogP contribution in [-0.4, -0.2) is 20.3 Å². The van der Waals surface area contributed by atoms with Crippen LogP contribution >= 0.6 is 0 Å². The van der Waals surface area contributed by atoms with Gasteiger partial charge in [0.2, 0.25) is 10.0 Å². The van der Waals surface area contributed by atoms with Gasteiger partial charge in [-0.15, -0.1) is 0 Å². The van der Waals surface area contributed by atoms with Gasteiger partial charge in [0.25, 0.3) is 0 Å². The average molecular weight is 306 g/mol. The lowest BCUT2D eigenvalue weighted by molar-refractivity contribution is -0.134. The maximum Gasteiger partial charge on any atom is 0.389 e. The zero-order valence-electron chi connectivity index (χ0n) is 10.4. The monoisotopic (exact) mass is 306 g/mol. The van der Waals surface area contributed by atoms with Gasteiger partial charge in [0.1, 0.15) is 0 Å². The van der Waals surface area contributed by atoms with Crippen LogP contribution in [0.3, 0.4) is 0 Å². The highest BCUT2D eigenvalue weighted by molar-refractivity contribution is 7.89. The molecule has 0 fully saturated rings. The van der Waals surface area contributed by atoms with Gasteiger partial charge in [0.05, 0.1) is 17.4 Å². The van der Waals surface area contributed by atoms with Gasteiger partial charge in [-0.1, -0.05) is 12.1 Å². The Labute approximate surface area is 115 Å². The largest absolute Gasteiger partial charge is 0.389 e. The molecule has 1 rings (SSSR count). The molecule has 0 bridgehead atoms. The van der Waals surface area contributed by atoms with Gasteiger partial charge in [0.15, 0.2) is 0 Å². The van der Waals surface area contributed by atoms with E-state index in [-0.39, 0.29) is 6.54 Å². The van der Waals surface area contributed by atoms with Crippen molar-refractivity contribution >= 4 is 10.0 Å². The molecule has 0 aliphatic carbocycles. The van der Waals surface area contributed by atoms with Crippen LogP contribution in [0.25, 0.3) is 0 Å². The first-order valence-corrected chi connectivity index (χ1v) is 7.40. The summed E-state index contributed by atoms with van der Waals surface area (Å²) >= 11 is 0. The summed E-state index contributed by atoms with van der Waals surface area (Å²) in [6.07, 6.45) is -5.93. The van der Waals surface area contributed by atoms with E-state index in [0.717, 1.165) is 0 Å². The van der Waals surface area contributed by atoms with E-state index in [1.807, 2.05) is 6.07 Å². The van der Waals surface area contributed by atoms with Crippen molar-refractivity contribution in [3.63, 3.8) is 0 Å². The number of hydrogen-bond donors (Lipinski definition) is 1. The van der Waals surface area contributed by atoms with E-state index in [4.69, 9.17) is 5.26 Å². The van der Waals surface area contributed by atoms with Crippen LogP contribution in [0, 0.1) is 11.3 Å². The first-order chi connectivity index (χ1) is 9.22. The van der Waals surface area contributed by atoms with Gasteiger partial charge in [-0.2, -0.15) is 18.4 Å². The van der Waals surface area contributed by atoms with Gasteiger partial charge in [-0.25, -0.2) is 13.1 Å². The molecule has 0 saturated carbocycles. The van der Waals surface area contributed by atoms with Crippen LogP contribution in [0.15, 0.2) is 24.3 Å². The Morgan fingerprint density at radius 3 is 2.30 bits per heavy atom. The normalized spacial score (nSPS) is 12.1. The Morgan fingerprint density at radius 1 is 1.20 bits per heavy atom. The molecule has 0 aromatic heterocycles. The minimum Gasteiger partial charge on any atom is -0.212 e. The van der Waals surface area contributed by atoms with Gasteiger partial charge < -0.3 is 0 Å². The predicted octanol–water partition coefficient (Wildman–Crippen LogP) is 2.32. The number of sulfonamides is 1. The van der Waals surface area contributed by atoms with Crippen molar-refractivity contribution in [2.75, 3.05) is 5.75 Å². The number of nitriles is 1. The van der Waals surface area contributed by atoms with E-state index in [2.05, 4.69) is 4.72 Å². The molecule has 4 nitrogen and oxygen atoms in total. The van der Waals surface area contributed by atoms with Crippen LogP contribution in [0.4, 0.5) is 13.2 Å². The molecule has 0 amide bonds. The summed E-state index contributed by atoms with van der Waals surface area (Å²) < 4.78 is 60.9. The van der Waals surface area contributed by atoms with Crippen molar-refractivity contribution in [1.82, 2.24) is 4.72 Å². The maximum absolute atomic E-state index is 11.9. The predicted molar refractivity (Wildman–Crippen MR) is 67.1 cm³/mol. The summed E-state index contributed by atoms with van der Waals surface area (Å²) in [5.74, 6) is -0.567. The maximum atomic E-state index is 11.9. The molecule has 1 aromatic carbocycles. The lowest BCUT2D eigenvalue weighted by Gasteiger charge is -2.08. The third kappa shape index (κ3) is 6.54. The third-order valence-corrected chi connectivity index (χ3v) is 3.86. The van der Waals surface area contributed by atoms with Crippen LogP contribution in [0.5, 0.6) is 0 Å². The SMILES string of the molecule is N#Cc1ccc(CNS(=O)(=O)CCCC(F)(F)F)cc1. The Bertz CT molecular complexity index is 574. The van der Waals surface area contributed by atoms with E-state index < -0.39 is 34.8 Å². The molecule has 0 saturated heterocycles. The first-order valence-electron chi connectivity index (χ1n) is 5.75. The fourth-order valence-corrected chi connectivity index (χ4v) is 2.48. The van der Waals surface area contributed by atoms with E-state index >= 15 is 0 Å². The minimum atomic E-state index is -4.34. The average Bonchev–Trinajstić information content (AvgIpc) is 2.35. The highest BCUT2D eigenvalue weighted by Crippen LogP contribution is 2.21. The van der Waals surface area contributed by atoms with E-state index in [1.165, 1.54) is 12.1 Å². The molecular formula is C12H13F3N2O2S. The molecule has 0 aliphatic rings. The van der Waals surface area contributed by atoms with Crippen LogP contribution in [0.1, 0.15) is 24.0 Å². The molecule has 0 atom stereocenters. The van der Waals surface area contributed by atoms with E-state index in [0.29, 0.717) is 11.1 Å². The fraction of sp³-hybridized carbons (Fsp3) is 0.417. The fourth-order valence-electron chi connectivity index (χ4n) is 1.43. The number of alkyl halides is 3. The molecule has 0 spiro atoms. The summed E-state index contributed by atoms with van der Waals surface area (Å²) in [7, 11) is -3.73. The molecule has 1 N–H and O–H groups in total. The van der Waals surface area contributed by atoms with Crippen LogP contribution < -0.4 is 4.72 Å². The molecule has 0 aliphatic heterocycles. The number of nitrogens with zero attached hydrogens (tertiary/aromatic N) is 1. The van der Waals surface area contributed by atoms with Gasteiger partial charge in [0, 0.05) is 13.0 Å². The number of hydrogen-bond acceptors (Lipinski definition) is 3.